The zero-order chi connectivity index (χ0) is 14.5. The minimum atomic E-state index is 0.704. The molecule has 0 fully saturated rings. The third kappa shape index (κ3) is 4.11. The Hall–Kier alpha value is -0.780. The van der Waals surface area contributed by atoms with E-state index in [-0.39, 0.29) is 0 Å². The molecule has 0 spiro atoms. The van der Waals surface area contributed by atoms with E-state index >= 15 is 0 Å². The summed E-state index contributed by atoms with van der Waals surface area (Å²) in [5.74, 6) is 0.883. The largest absolute Gasteiger partial charge is 0.436 e. The van der Waals surface area contributed by atoms with Crippen molar-refractivity contribution in [3.8, 4) is 0 Å². The zero-order valence-electron chi connectivity index (χ0n) is 12.0. The Labute approximate surface area is 132 Å². The molecular formula is C15H19BrN2OS. The van der Waals surface area contributed by atoms with Gasteiger partial charge in [0, 0.05) is 15.9 Å². The number of aromatic nitrogens is 1. The first-order valence-electron chi connectivity index (χ1n) is 6.71. The second kappa shape index (κ2) is 7.29. The van der Waals surface area contributed by atoms with Gasteiger partial charge in [0.05, 0.1) is 5.69 Å². The number of benzene rings is 1. The van der Waals surface area contributed by atoms with Crippen molar-refractivity contribution in [1.29, 1.82) is 0 Å². The quantitative estimate of drug-likeness (QED) is 0.762. The first kappa shape index (κ1) is 15.6. The molecule has 0 aliphatic heterocycles. The van der Waals surface area contributed by atoms with Crippen LogP contribution in [0, 0.1) is 13.8 Å². The van der Waals surface area contributed by atoms with E-state index in [4.69, 9.17) is 4.42 Å². The van der Waals surface area contributed by atoms with E-state index in [0.717, 1.165) is 35.4 Å². The van der Waals surface area contributed by atoms with Gasteiger partial charge in [-0.25, -0.2) is 4.98 Å². The molecule has 108 valence electrons. The summed E-state index contributed by atoms with van der Waals surface area (Å²) in [6.07, 6.45) is 1.14. The van der Waals surface area contributed by atoms with Gasteiger partial charge in [0.15, 0.2) is 0 Å². The summed E-state index contributed by atoms with van der Waals surface area (Å²) in [5, 5.41) is 4.14. The third-order valence-corrected chi connectivity index (χ3v) is 4.42. The summed E-state index contributed by atoms with van der Waals surface area (Å²) >= 11 is 5.10. The van der Waals surface area contributed by atoms with Gasteiger partial charge in [0.1, 0.15) is 5.76 Å². The zero-order valence-corrected chi connectivity index (χ0v) is 14.4. The second-order valence-electron chi connectivity index (χ2n) is 4.65. The van der Waals surface area contributed by atoms with Crippen molar-refractivity contribution in [3.05, 3.63) is 39.7 Å². The van der Waals surface area contributed by atoms with Gasteiger partial charge in [-0.05, 0) is 56.3 Å². The molecule has 20 heavy (non-hydrogen) atoms. The van der Waals surface area contributed by atoms with Crippen molar-refractivity contribution in [3.63, 3.8) is 0 Å². The van der Waals surface area contributed by atoms with Crippen LogP contribution in [0.1, 0.15) is 30.4 Å². The number of nitrogens with one attached hydrogen (secondary N) is 1. The topological polar surface area (TPSA) is 38.1 Å². The molecule has 1 aromatic heterocycles. The Kier molecular flexibility index (Phi) is 5.69. The van der Waals surface area contributed by atoms with Crippen LogP contribution >= 0.6 is 27.7 Å². The van der Waals surface area contributed by atoms with Gasteiger partial charge < -0.3 is 9.73 Å². The first-order chi connectivity index (χ1) is 9.60. The highest BCUT2D eigenvalue weighted by atomic mass is 79.9. The molecule has 0 saturated heterocycles. The van der Waals surface area contributed by atoms with Crippen LogP contribution in [0.15, 0.2) is 37.2 Å². The third-order valence-electron chi connectivity index (χ3n) is 2.98. The summed E-state index contributed by atoms with van der Waals surface area (Å²) in [4.78, 5) is 5.60. The first-order valence-corrected chi connectivity index (χ1v) is 8.32. The minimum Gasteiger partial charge on any atom is -0.436 e. The van der Waals surface area contributed by atoms with E-state index in [2.05, 4.69) is 51.4 Å². The van der Waals surface area contributed by atoms with Gasteiger partial charge in [0.2, 0.25) is 0 Å². The number of nitrogens with zero attached hydrogens (tertiary/aromatic N) is 1. The average molecular weight is 355 g/mol. The summed E-state index contributed by atoms with van der Waals surface area (Å²) in [6.45, 7) is 7.96. The van der Waals surface area contributed by atoms with Crippen molar-refractivity contribution in [2.45, 2.75) is 43.9 Å². The molecule has 1 heterocycles. The molecule has 0 amide bonds. The lowest BCUT2D eigenvalue weighted by molar-refractivity contribution is 0.431. The van der Waals surface area contributed by atoms with Gasteiger partial charge in [-0.2, -0.15) is 0 Å². The molecule has 0 radical (unpaired) electrons. The molecule has 0 saturated carbocycles. The van der Waals surface area contributed by atoms with Crippen LogP contribution in [0.4, 0.5) is 0 Å². The Bertz CT molecular complexity index is 564. The molecular weight excluding hydrogens is 336 g/mol. The lowest BCUT2D eigenvalue weighted by Gasteiger charge is -2.09. The molecule has 0 aliphatic carbocycles. The second-order valence-corrected chi connectivity index (χ2v) is 6.56. The van der Waals surface area contributed by atoms with E-state index < -0.39 is 0 Å². The summed E-state index contributed by atoms with van der Waals surface area (Å²) < 4.78 is 6.72. The van der Waals surface area contributed by atoms with Crippen molar-refractivity contribution in [1.82, 2.24) is 10.3 Å². The maximum absolute atomic E-state index is 5.65. The van der Waals surface area contributed by atoms with Crippen molar-refractivity contribution in [2.75, 3.05) is 6.54 Å². The molecule has 1 N–H and O–H groups in total. The summed E-state index contributed by atoms with van der Waals surface area (Å²) in [6, 6.07) is 6.32. The minimum absolute atomic E-state index is 0.704. The Balaban J connectivity index is 2.18. The fraction of sp³-hybridized carbons (Fsp3) is 0.400. The van der Waals surface area contributed by atoms with Crippen LogP contribution in [0.25, 0.3) is 0 Å². The summed E-state index contributed by atoms with van der Waals surface area (Å²) in [5.41, 5.74) is 2.22. The van der Waals surface area contributed by atoms with Gasteiger partial charge in [0.25, 0.3) is 5.22 Å². The standard InChI is InChI=1S/C15H19BrN2OS/c1-4-7-17-9-12-5-6-13(16)8-14(12)20-15-18-10(2)11(3)19-15/h5-6,8,17H,4,7,9H2,1-3H3. The highest BCUT2D eigenvalue weighted by Crippen LogP contribution is 2.33. The van der Waals surface area contributed by atoms with Crippen LogP contribution in [-0.2, 0) is 6.54 Å². The van der Waals surface area contributed by atoms with Crippen molar-refractivity contribution in [2.24, 2.45) is 0 Å². The van der Waals surface area contributed by atoms with Gasteiger partial charge in [-0.3, -0.25) is 0 Å². The van der Waals surface area contributed by atoms with Crippen molar-refractivity contribution < 1.29 is 4.42 Å². The highest BCUT2D eigenvalue weighted by molar-refractivity contribution is 9.10. The Morgan fingerprint density at radius 2 is 2.15 bits per heavy atom. The molecule has 0 aliphatic rings. The van der Waals surface area contributed by atoms with Gasteiger partial charge >= 0.3 is 0 Å². The summed E-state index contributed by atoms with van der Waals surface area (Å²) in [7, 11) is 0. The molecule has 1 aromatic carbocycles. The van der Waals surface area contributed by atoms with E-state index in [1.54, 1.807) is 11.8 Å². The SMILES string of the molecule is CCCNCc1ccc(Br)cc1Sc1nc(C)c(C)o1. The van der Waals surface area contributed by atoms with Crippen LogP contribution in [0.5, 0.6) is 0 Å². The lowest BCUT2D eigenvalue weighted by Crippen LogP contribution is -2.14. The predicted molar refractivity (Wildman–Crippen MR) is 86.2 cm³/mol. The smallest absolute Gasteiger partial charge is 0.261 e. The molecule has 5 heteroatoms. The number of halogens is 1. The predicted octanol–water partition coefficient (Wildman–Crippen LogP) is 4.70. The fourth-order valence-electron chi connectivity index (χ4n) is 1.75. The van der Waals surface area contributed by atoms with E-state index in [1.165, 1.54) is 10.5 Å². The van der Waals surface area contributed by atoms with Crippen molar-refractivity contribution >= 4 is 27.7 Å². The number of rotatable bonds is 6. The Morgan fingerprint density at radius 1 is 1.35 bits per heavy atom. The maximum Gasteiger partial charge on any atom is 0.261 e. The molecule has 0 bridgehead atoms. The number of hydrogen-bond acceptors (Lipinski definition) is 4. The fourth-order valence-corrected chi connectivity index (χ4v) is 3.26. The van der Waals surface area contributed by atoms with Crippen LogP contribution in [-0.4, -0.2) is 11.5 Å². The Morgan fingerprint density at radius 3 is 2.80 bits per heavy atom. The number of aryl methyl sites for hydroxylation is 2. The normalized spacial score (nSPS) is 11.0. The average Bonchev–Trinajstić information content (AvgIpc) is 2.71. The maximum atomic E-state index is 5.65. The highest BCUT2D eigenvalue weighted by Gasteiger charge is 2.11. The molecule has 0 atom stereocenters. The van der Waals surface area contributed by atoms with Gasteiger partial charge in [-0.1, -0.05) is 28.9 Å². The van der Waals surface area contributed by atoms with Gasteiger partial charge in [-0.15, -0.1) is 0 Å². The number of hydrogen-bond donors (Lipinski definition) is 1. The number of oxazole rings is 1. The van der Waals surface area contributed by atoms with E-state index in [9.17, 15) is 0 Å². The van der Waals surface area contributed by atoms with E-state index in [0.29, 0.717) is 5.22 Å². The molecule has 3 nitrogen and oxygen atoms in total. The molecule has 0 unspecified atom stereocenters. The lowest BCUT2D eigenvalue weighted by atomic mass is 10.2. The van der Waals surface area contributed by atoms with Crippen LogP contribution in [0.3, 0.4) is 0 Å². The monoisotopic (exact) mass is 354 g/mol. The molecule has 2 rings (SSSR count). The van der Waals surface area contributed by atoms with E-state index in [1.807, 2.05) is 13.8 Å². The van der Waals surface area contributed by atoms with Crippen LogP contribution in [0.2, 0.25) is 0 Å². The van der Waals surface area contributed by atoms with Crippen LogP contribution < -0.4 is 5.32 Å². The molecule has 2 aromatic rings.